The number of carbonyl (C=O) groups excluding carboxylic acids is 1. The minimum atomic E-state index is -0.566. The molecule has 0 aliphatic carbocycles. The van der Waals surface area contributed by atoms with Gasteiger partial charge in [0.1, 0.15) is 5.75 Å². The molecule has 0 aliphatic rings. The van der Waals surface area contributed by atoms with E-state index >= 15 is 0 Å². The summed E-state index contributed by atoms with van der Waals surface area (Å²) in [4.78, 5) is 19.8. The fraction of sp³-hybridized carbons (Fsp3) is 0. The van der Waals surface area contributed by atoms with Gasteiger partial charge in [0.15, 0.2) is 5.56 Å². The second kappa shape index (κ2) is 5.18. The van der Waals surface area contributed by atoms with E-state index in [-0.39, 0.29) is 22.7 Å². The largest absolute Gasteiger partial charge is 0.527 e. The minimum absolute atomic E-state index is 0.106. The van der Waals surface area contributed by atoms with Crippen LogP contribution in [-0.2, 0) is 0 Å². The SMILES string of the molecule is O=[N+]([O-])c1cccc(OC(=[OH+])c2ccccc2O)c1. The van der Waals surface area contributed by atoms with Crippen molar-refractivity contribution in [2.24, 2.45) is 0 Å². The molecule has 2 N–H and O–H groups in total. The third kappa shape index (κ3) is 2.86. The van der Waals surface area contributed by atoms with Crippen LogP contribution in [0.25, 0.3) is 0 Å². The number of esters is 1. The van der Waals surface area contributed by atoms with Gasteiger partial charge in [-0.3, -0.25) is 14.9 Å². The zero-order valence-corrected chi connectivity index (χ0v) is 9.69. The molecule has 6 nitrogen and oxygen atoms in total. The highest BCUT2D eigenvalue weighted by molar-refractivity contribution is 5.94. The zero-order valence-electron chi connectivity index (χ0n) is 9.69. The summed E-state index contributed by atoms with van der Waals surface area (Å²) in [5.41, 5.74) is -0.0448. The first kappa shape index (κ1) is 12.6. The van der Waals surface area contributed by atoms with Crippen molar-refractivity contribution >= 4 is 11.7 Å². The number of rotatable bonds is 3. The Balaban J connectivity index is 2.22. The molecule has 0 saturated carbocycles. The molecule has 2 aromatic rings. The van der Waals surface area contributed by atoms with Gasteiger partial charge in [-0.2, -0.15) is 0 Å². The summed E-state index contributed by atoms with van der Waals surface area (Å²) in [7, 11) is 0. The van der Waals surface area contributed by atoms with Crippen LogP contribution in [-0.4, -0.2) is 20.8 Å². The lowest BCUT2D eigenvalue weighted by Gasteiger charge is -1.98. The Morgan fingerprint density at radius 3 is 2.63 bits per heavy atom. The van der Waals surface area contributed by atoms with Gasteiger partial charge in [-0.25, -0.2) is 0 Å². The van der Waals surface area contributed by atoms with Gasteiger partial charge in [0.2, 0.25) is 0 Å². The van der Waals surface area contributed by atoms with Crippen LogP contribution in [0.2, 0.25) is 0 Å². The molecule has 6 heteroatoms. The molecule has 0 unspecified atom stereocenters. The van der Waals surface area contributed by atoms with Crippen molar-refractivity contribution in [3.63, 3.8) is 0 Å². The summed E-state index contributed by atoms with van der Waals surface area (Å²) < 4.78 is 5.08. The van der Waals surface area contributed by atoms with Crippen LogP contribution >= 0.6 is 0 Å². The van der Waals surface area contributed by atoms with E-state index in [0.717, 1.165) is 0 Å². The van der Waals surface area contributed by atoms with Crippen molar-refractivity contribution in [2.45, 2.75) is 0 Å². The van der Waals surface area contributed by atoms with E-state index in [9.17, 15) is 20.0 Å². The molecule has 0 radical (unpaired) electrons. The van der Waals surface area contributed by atoms with Gasteiger partial charge in [0.05, 0.1) is 11.0 Å². The van der Waals surface area contributed by atoms with Crippen LogP contribution in [0.5, 0.6) is 11.5 Å². The van der Waals surface area contributed by atoms with E-state index in [0.29, 0.717) is 0 Å². The third-order valence-corrected chi connectivity index (χ3v) is 2.38. The number of aromatic hydroxyl groups is 1. The number of phenolic OH excluding ortho intramolecular Hbond substituents is 1. The standard InChI is InChI=1S/C13H9NO5/c15-12-7-2-1-6-11(12)13(16)19-10-5-3-4-9(8-10)14(17)18/h1-8,15H/p+1. The first-order chi connectivity index (χ1) is 9.08. The highest BCUT2D eigenvalue weighted by Gasteiger charge is 2.22. The molecular formula is C13H10NO5+. The van der Waals surface area contributed by atoms with Crippen molar-refractivity contribution in [3.05, 3.63) is 64.2 Å². The van der Waals surface area contributed by atoms with Crippen LogP contribution in [0.1, 0.15) is 5.56 Å². The molecule has 0 aromatic heterocycles. The van der Waals surface area contributed by atoms with E-state index in [1.807, 2.05) is 0 Å². The minimum Gasteiger partial charge on any atom is -0.507 e. The van der Waals surface area contributed by atoms with Crippen LogP contribution in [0, 0.1) is 10.1 Å². The van der Waals surface area contributed by atoms with E-state index < -0.39 is 10.9 Å². The average Bonchev–Trinajstić information content (AvgIpc) is 2.39. The molecule has 0 fully saturated rings. The number of hydrogen-bond acceptors (Lipinski definition) is 4. The van der Waals surface area contributed by atoms with Gasteiger partial charge in [-0.15, -0.1) is 0 Å². The molecule has 0 saturated heterocycles. The molecule has 0 bridgehead atoms. The Morgan fingerprint density at radius 1 is 1.21 bits per heavy atom. The van der Waals surface area contributed by atoms with Crippen LogP contribution < -0.4 is 4.74 Å². The van der Waals surface area contributed by atoms with Crippen molar-refractivity contribution in [3.8, 4) is 11.5 Å². The zero-order chi connectivity index (χ0) is 13.8. The van der Waals surface area contributed by atoms with Crippen molar-refractivity contribution < 1.29 is 19.6 Å². The highest BCUT2D eigenvalue weighted by atomic mass is 16.6. The average molecular weight is 260 g/mol. The van der Waals surface area contributed by atoms with Gasteiger partial charge < -0.3 is 9.90 Å². The molecule has 0 aliphatic heterocycles. The van der Waals surface area contributed by atoms with Crippen molar-refractivity contribution in [1.29, 1.82) is 0 Å². The first-order valence-electron chi connectivity index (χ1n) is 5.34. The lowest BCUT2D eigenvalue weighted by molar-refractivity contribution is -0.384. The van der Waals surface area contributed by atoms with E-state index in [1.165, 1.54) is 36.4 Å². The normalized spacial score (nSPS) is 9.89. The van der Waals surface area contributed by atoms with E-state index in [4.69, 9.17) is 4.74 Å². The molecule has 0 spiro atoms. The van der Waals surface area contributed by atoms with Crippen LogP contribution in [0.3, 0.4) is 0 Å². The summed E-state index contributed by atoms with van der Waals surface area (Å²) in [6.45, 7) is 0. The van der Waals surface area contributed by atoms with Crippen LogP contribution in [0.15, 0.2) is 48.5 Å². The quantitative estimate of drug-likeness (QED) is 0.301. The number of nitrogens with zero attached hydrogens (tertiary/aromatic N) is 1. The van der Waals surface area contributed by atoms with Crippen LogP contribution in [0.4, 0.5) is 5.69 Å². The molecule has 2 aromatic carbocycles. The van der Waals surface area contributed by atoms with Gasteiger partial charge in [0.25, 0.3) is 11.4 Å². The van der Waals surface area contributed by atoms with E-state index in [2.05, 4.69) is 0 Å². The molecule has 0 amide bonds. The Labute approximate surface area is 108 Å². The van der Waals surface area contributed by atoms with E-state index in [1.54, 1.807) is 12.1 Å². The molecule has 0 heterocycles. The number of nitro benzene ring substituents is 1. The topological polar surface area (TPSA) is 94.0 Å². The number of para-hydroxylation sites is 1. The number of phenols is 1. The molecular weight excluding hydrogens is 250 g/mol. The number of benzene rings is 2. The Morgan fingerprint density at radius 2 is 1.95 bits per heavy atom. The van der Waals surface area contributed by atoms with Gasteiger partial charge in [-0.05, 0) is 18.2 Å². The maximum absolute atomic E-state index is 10.6. The predicted octanol–water partition coefficient (Wildman–Crippen LogP) is 2.23. The lowest BCUT2D eigenvalue weighted by atomic mass is 10.2. The summed E-state index contributed by atoms with van der Waals surface area (Å²) >= 11 is 0. The maximum atomic E-state index is 10.6. The number of non-ortho nitro benzene ring substituents is 1. The fourth-order valence-electron chi connectivity index (χ4n) is 1.48. The number of nitro groups is 1. The smallest absolute Gasteiger partial charge is 0.507 e. The monoisotopic (exact) mass is 260 g/mol. The predicted molar refractivity (Wildman–Crippen MR) is 67.9 cm³/mol. The second-order valence-electron chi connectivity index (χ2n) is 3.68. The van der Waals surface area contributed by atoms with Crippen molar-refractivity contribution in [2.75, 3.05) is 0 Å². The fourth-order valence-corrected chi connectivity index (χ4v) is 1.48. The number of hydrogen-bond donors (Lipinski definition) is 1. The lowest BCUT2D eigenvalue weighted by Crippen LogP contribution is -2.10. The highest BCUT2D eigenvalue weighted by Crippen LogP contribution is 2.22. The Bertz CT molecular complexity index is 638. The molecule has 96 valence electrons. The summed E-state index contributed by atoms with van der Waals surface area (Å²) in [5.74, 6) is -0.570. The third-order valence-electron chi connectivity index (χ3n) is 2.38. The molecule has 19 heavy (non-hydrogen) atoms. The molecule has 2 rings (SSSR count). The summed E-state index contributed by atoms with van der Waals surface area (Å²) in [5, 5.41) is 20.1. The van der Waals surface area contributed by atoms with Crippen molar-refractivity contribution in [1.82, 2.24) is 0 Å². The number of ether oxygens (including phenoxy) is 1. The maximum Gasteiger partial charge on any atom is 0.527 e. The molecule has 0 atom stereocenters. The second-order valence-corrected chi connectivity index (χ2v) is 3.68. The van der Waals surface area contributed by atoms with Gasteiger partial charge >= 0.3 is 5.97 Å². The van der Waals surface area contributed by atoms with Gasteiger partial charge in [0, 0.05) is 12.1 Å². The summed E-state index contributed by atoms with van der Waals surface area (Å²) in [6.07, 6.45) is 0. The Hall–Kier alpha value is -2.89. The first-order valence-corrected chi connectivity index (χ1v) is 5.34. The van der Waals surface area contributed by atoms with Gasteiger partial charge in [-0.1, -0.05) is 12.1 Å². The Kier molecular flexibility index (Phi) is 3.42. The summed E-state index contributed by atoms with van der Waals surface area (Å²) in [6, 6.07) is 11.4.